The minimum atomic E-state index is -1.14. The largest absolute Gasteiger partial charge is 0.314 e. The summed E-state index contributed by atoms with van der Waals surface area (Å²) in [6, 6.07) is 1.21. The molecule has 0 bridgehead atoms. The number of rotatable bonds is 1. The van der Waals surface area contributed by atoms with Gasteiger partial charge in [0.25, 0.3) is 0 Å². The second-order valence-corrected chi connectivity index (χ2v) is 3.50. The summed E-state index contributed by atoms with van der Waals surface area (Å²) in [7, 11) is 0. The van der Waals surface area contributed by atoms with Gasteiger partial charge >= 0.3 is 0 Å². The monoisotopic (exact) mass is 252 g/mol. The first kappa shape index (κ1) is 13.3. The Labute approximate surface area is 97.6 Å². The second kappa shape index (κ2) is 5.52. The van der Waals surface area contributed by atoms with Crippen LogP contribution in [0, 0.1) is 17.5 Å². The zero-order chi connectivity index (χ0) is 10.8. The maximum Gasteiger partial charge on any atom is 0.163 e. The lowest BCUT2D eigenvalue weighted by Crippen LogP contribution is -2.43. The van der Waals surface area contributed by atoms with Crippen LogP contribution in [0.4, 0.5) is 13.2 Å². The van der Waals surface area contributed by atoms with Gasteiger partial charge in [-0.1, -0.05) is 0 Å². The van der Waals surface area contributed by atoms with Crippen LogP contribution in [0.5, 0.6) is 0 Å². The maximum atomic E-state index is 13.4. The van der Waals surface area contributed by atoms with E-state index in [0.29, 0.717) is 19.2 Å². The molecular formula is C10H12ClF3N2. The van der Waals surface area contributed by atoms with Crippen molar-refractivity contribution in [2.24, 2.45) is 0 Å². The van der Waals surface area contributed by atoms with Gasteiger partial charge in [-0.05, 0) is 6.07 Å². The molecule has 1 atom stereocenters. The van der Waals surface area contributed by atoms with Crippen LogP contribution in [0.2, 0.25) is 0 Å². The zero-order valence-electron chi connectivity index (χ0n) is 8.40. The number of halogens is 4. The van der Waals surface area contributed by atoms with Crippen LogP contribution in [-0.2, 0) is 0 Å². The molecule has 1 aromatic rings. The number of piperazine rings is 1. The highest BCUT2D eigenvalue weighted by Crippen LogP contribution is 2.21. The molecule has 0 unspecified atom stereocenters. The van der Waals surface area contributed by atoms with Crippen molar-refractivity contribution in [3.63, 3.8) is 0 Å². The van der Waals surface area contributed by atoms with Crippen molar-refractivity contribution >= 4 is 12.4 Å². The van der Waals surface area contributed by atoms with Crippen molar-refractivity contribution < 1.29 is 13.2 Å². The Morgan fingerprint density at radius 3 is 2.50 bits per heavy atom. The van der Waals surface area contributed by atoms with Gasteiger partial charge in [0.05, 0.1) is 0 Å². The number of nitrogens with one attached hydrogen (secondary N) is 2. The summed E-state index contributed by atoms with van der Waals surface area (Å²) in [5.41, 5.74) is 0.0414. The lowest BCUT2D eigenvalue weighted by atomic mass is 10.0. The molecule has 0 radical (unpaired) electrons. The highest BCUT2D eigenvalue weighted by molar-refractivity contribution is 5.85. The first-order valence-electron chi connectivity index (χ1n) is 4.77. The first-order valence-corrected chi connectivity index (χ1v) is 4.77. The van der Waals surface area contributed by atoms with Crippen LogP contribution in [0.15, 0.2) is 12.1 Å². The molecule has 0 spiro atoms. The molecule has 0 aromatic heterocycles. The third kappa shape index (κ3) is 2.66. The minimum Gasteiger partial charge on any atom is -0.314 e. The van der Waals surface area contributed by atoms with Gasteiger partial charge in [0.2, 0.25) is 0 Å². The quantitative estimate of drug-likeness (QED) is 0.745. The zero-order valence-corrected chi connectivity index (χ0v) is 9.21. The third-order valence-corrected chi connectivity index (χ3v) is 2.44. The van der Waals surface area contributed by atoms with E-state index in [1.165, 1.54) is 0 Å². The van der Waals surface area contributed by atoms with E-state index in [2.05, 4.69) is 10.6 Å². The van der Waals surface area contributed by atoms with Crippen molar-refractivity contribution in [2.75, 3.05) is 19.6 Å². The summed E-state index contributed by atoms with van der Waals surface area (Å²) in [4.78, 5) is 0. The minimum absolute atomic E-state index is 0. The lowest BCUT2D eigenvalue weighted by molar-refractivity contribution is 0.402. The highest BCUT2D eigenvalue weighted by Gasteiger charge is 2.21. The standard InChI is InChI=1S/C10H11F3N2.ClH/c11-6-3-7(10(13)8(12)4-6)9-5-14-1-2-15-9;/h3-4,9,14-15H,1-2,5H2;1H/t9-;/m1./s1. The molecule has 0 aliphatic carbocycles. The van der Waals surface area contributed by atoms with E-state index < -0.39 is 17.5 Å². The Morgan fingerprint density at radius 1 is 1.12 bits per heavy atom. The van der Waals surface area contributed by atoms with Gasteiger partial charge in [0, 0.05) is 37.3 Å². The van der Waals surface area contributed by atoms with Crippen LogP contribution < -0.4 is 10.6 Å². The second-order valence-electron chi connectivity index (χ2n) is 3.50. The molecule has 1 saturated heterocycles. The maximum absolute atomic E-state index is 13.4. The molecule has 1 heterocycles. The van der Waals surface area contributed by atoms with Crippen LogP contribution in [-0.4, -0.2) is 19.6 Å². The summed E-state index contributed by atoms with van der Waals surface area (Å²) in [5.74, 6) is -2.87. The smallest absolute Gasteiger partial charge is 0.163 e. The summed E-state index contributed by atoms with van der Waals surface area (Å²) in [6.45, 7) is 1.90. The van der Waals surface area contributed by atoms with E-state index in [9.17, 15) is 13.2 Å². The Kier molecular flexibility index (Phi) is 4.58. The fraction of sp³-hybridized carbons (Fsp3) is 0.400. The fourth-order valence-corrected chi connectivity index (χ4v) is 1.70. The summed E-state index contributed by atoms with van der Waals surface area (Å²) in [6.07, 6.45) is 0. The van der Waals surface area contributed by atoms with E-state index in [1.807, 2.05) is 0 Å². The molecule has 1 aliphatic heterocycles. The Morgan fingerprint density at radius 2 is 1.88 bits per heavy atom. The van der Waals surface area contributed by atoms with Crippen molar-refractivity contribution in [3.05, 3.63) is 35.1 Å². The highest BCUT2D eigenvalue weighted by atomic mass is 35.5. The molecular weight excluding hydrogens is 241 g/mol. The van der Waals surface area contributed by atoms with E-state index in [1.54, 1.807) is 0 Å². The van der Waals surface area contributed by atoms with Crippen molar-refractivity contribution in [1.29, 1.82) is 0 Å². The van der Waals surface area contributed by atoms with Gasteiger partial charge in [-0.3, -0.25) is 0 Å². The molecule has 0 amide bonds. The lowest BCUT2D eigenvalue weighted by Gasteiger charge is -2.25. The predicted octanol–water partition coefficient (Wildman–Crippen LogP) is 1.76. The van der Waals surface area contributed by atoms with Gasteiger partial charge in [0.1, 0.15) is 5.82 Å². The van der Waals surface area contributed by atoms with E-state index >= 15 is 0 Å². The summed E-state index contributed by atoms with van der Waals surface area (Å²) >= 11 is 0. The average Bonchev–Trinajstić information content (AvgIpc) is 2.24. The van der Waals surface area contributed by atoms with Gasteiger partial charge in [-0.25, -0.2) is 13.2 Å². The Bertz CT molecular complexity index is 367. The first-order chi connectivity index (χ1) is 7.18. The number of hydrogen-bond acceptors (Lipinski definition) is 2. The average molecular weight is 253 g/mol. The molecule has 2 N–H and O–H groups in total. The number of benzene rings is 1. The predicted molar refractivity (Wildman–Crippen MR) is 57.2 cm³/mol. The van der Waals surface area contributed by atoms with Crippen LogP contribution in [0.3, 0.4) is 0 Å². The molecule has 16 heavy (non-hydrogen) atoms. The SMILES string of the molecule is Cl.Fc1cc(F)c(F)c([C@H]2CNCCN2)c1. The van der Waals surface area contributed by atoms with E-state index in [0.717, 1.165) is 12.6 Å². The Balaban J connectivity index is 0.00000128. The molecule has 0 saturated carbocycles. The normalized spacial score (nSPS) is 20.3. The van der Waals surface area contributed by atoms with Gasteiger partial charge in [-0.15, -0.1) is 12.4 Å². The molecule has 2 nitrogen and oxygen atoms in total. The van der Waals surface area contributed by atoms with Gasteiger partial charge in [-0.2, -0.15) is 0 Å². The van der Waals surface area contributed by atoms with Gasteiger partial charge < -0.3 is 10.6 Å². The summed E-state index contributed by atoms with van der Waals surface area (Å²) in [5, 5.41) is 6.02. The van der Waals surface area contributed by atoms with Crippen molar-refractivity contribution in [1.82, 2.24) is 10.6 Å². The van der Waals surface area contributed by atoms with Crippen LogP contribution in [0.25, 0.3) is 0 Å². The van der Waals surface area contributed by atoms with Crippen LogP contribution >= 0.6 is 12.4 Å². The molecule has 90 valence electrons. The summed E-state index contributed by atoms with van der Waals surface area (Å²) < 4.78 is 39.2. The van der Waals surface area contributed by atoms with Crippen LogP contribution in [0.1, 0.15) is 11.6 Å². The molecule has 1 fully saturated rings. The molecule has 1 aromatic carbocycles. The van der Waals surface area contributed by atoms with E-state index in [4.69, 9.17) is 0 Å². The van der Waals surface area contributed by atoms with Crippen molar-refractivity contribution in [3.8, 4) is 0 Å². The third-order valence-electron chi connectivity index (χ3n) is 2.44. The molecule has 1 aliphatic rings. The fourth-order valence-electron chi connectivity index (χ4n) is 1.70. The Hall–Kier alpha value is -0.780. The molecule has 2 rings (SSSR count). The van der Waals surface area contributed by atoms with Crippen molar-refractivity contribution in [2.45, 2.75) is 6.04 Å². The topological polar surface area (TPSA) is 24.1 Å². The van der Waals surface area contributed by atoms with Gasteiger partial charge in [0.15, 0.2) is 11.6 Å². The molecule has 6 heteroatoms. The number of hydrogen-bond donors (Lipinski definition) is 2. The van der Waals surface area contributed by atoms with E-state index in [-0.39, 0.29) is 24.0 Å².